The first-order valence-electron chi connectivity index (χ1n) is 8.93. The van der Waals surface area contributed by atoms with Gasteiger partial charge in [0.25, 0.3) is 0 Å². The molecule has 1 atom stereocenters. The number of urea groups is 1. The molecule has 0 aliphatic heterocycles. The van der Waals surface area contributed by atoms with Crippen LogP contribution in [0.4, 0.5) is 4.79 Å². The highest BCUT2D eigenvalue weighted by molar-refractivity contribution is 5.83. The van der Waals surface area contributed by atoms with Crippen LogP contribution in [-0.2, 0) is 9.59 Å². The fourth-order valence-corrected chi connectivity index (χ4v) is 5.21. The number of carboxylic acid groups (broad SMARTS) is 1. The number of hydrogen-bond acceptors (Lipinski definition) is 3. The number of rotatable bonds is 6. The lowest BCUT2D eigenvalue weighted by molar-refractivity contribution is -0.141. The SMILES string of the molecule is C[C@@H](NC(=O)CCNC(=O)NC12CC3CC(CC(C3)C1)C2)C(=O)O. The highest BCUT2D eigenvalue weighted by Gasteiger charge is 2.51. The van der Waals surface area contributed by atoms with E-state index >= 15 is 0 Å². The topological polar surface area (TPSA) is 108 Å². The summed E-state index contributed by atoms with van der Waals surface area (Å²) >= 11 is 0. The highest BCUT2D eigenvalue weighted by atomic mass is 16.4. The van der Waals surface area contributed by atoms with E-state index in [1.165, 1.54) is 26.2 Å². The van der Waals surface area contributed by atoms with E-state index in [2.05, 4.69) is 16.0 Å². The maximum atomic E-state index is 12.2. The zero-order valence-electron chi connectivity index (χ0n) is 14.1. The van der Waals surface area contributed by atoms with E-state index in [0.717, 1.165) is 37.0 Å². The summed E-state index contributed by atoms with van der Waals surface area (Å²) < 4.78 is 0. The van der Waals surface area contributed by atoms with Gasteiger partial charge in [0.1, 0.15) is 6.04 Å². The first kappa shape index (κ1) is 17.0. The van der Waals surface area contributed by atoms with E-state index < -0.39 is 12.0 Å². The molecule has 7 heteroatoms. The van der Waals surface area contributed by atoms with Gasteiger partial charge in [-0.25, -0.2) is 4.79 Å². The van der Waals surface area contributed by atoms with Gasteiger partial charge in [-0.2, -0.15) is 0 Å². The fraction of sp³-hybridized carbons (Fsp3) is 0.824. The van der Waals surface area contributed by atoms with Crippen molar-refractivity contribution < 1.29 is 19.5 Å². The molecular weight excluding hydrogens is 310 g/mol. The average Bonchev–Trinajstić information content (AvgIpc) is 2.44. The third-order valence-electron chi connectivity index (χ3n) is 5.80. The number of carbonyl (C=O) groups excluding carboxylic acids is 2. The monoisotopic (exact) mass is 337 g/mol. The summed E-state index contributed by atoms with van der Waals surface area (Å²) in [4.78, 5) is 34.5. The van der Waals surface area contributed by atoms with Crippen molar-refractivity contribution in [3.63, 3.8) is 0 Å². The average molecular weight is 337 g/mol. The predicted molar refractivity (Wildman–Crippen MR) is 87.3 cm³/mol. The number of carboxylic acids is 1. The lowest BCUT2D eigenvalue weighted by Gasteiger charge is -2.56. The van der Waals surface area contributed by atoms with E-state index in [0.29, 0.717) is 0 Å². The van der Waals surface area contributed by atoms with Gasteiger partial charge < -0.3 is 21.1 Å². The summed E-state index contributed by atoms with van der Waals surface area (Å²) in [5.74, 6) is 0.843. The molecule has 3 amide bonds. The maximum Gasteiger partial charge on any atom is 0.325 e. The molecule has 0 spiro atoms. The van der Waals surface area contributed by atoms with E-state index in [-0.39, 0.29) is 30.4 Å². The number of aliphatic carboxylic acids is 1. The van der Waals surface area contributed by atoms with Crippen LogP contribution in [0.25, 0.3) is 0 Å². The van der Waals surface area contributed by atoms with Crippen molar-refractivity contribution in [1.29, 1.82) is 0 Å². The normalized spacial score (nSPS) is 34.5. The van der Waals surface area contributed by atoms with Gasteiger partial charge in [-0.05, 0) is 63.2 Å². The summed E-state index contributed by atoms with van der Waals surface area (Å²) in [6, 6.07) is -1.13. The molecule has 0 aromatic rings. The van der Waals surface area contributed by atoms with Crippen molar-refractivity contribution in [1.82, 2.24) is 16.0 Å². The zero-order chi connectivity index (χ0) is 17.3. The standard InChI is InChI=1S/C17H27N3O4/c1-10(15(22)23)19-14(21)2-3-18-16(24)20-17-7-11-4-12(8-17)6-13(5-11)9-17/h10-13H,2-9H2,1H3,(H,19,21)(H,22,23)(H2,18,20,24)/t10-,11?,12?,13?,17?/m1/s1. The Hall–Kier alpha value is -1.79. The number of carbonyl (C=O) groups is 3. The van der Waals surface area contributed by atoms with Gasteiger partial charge in [-0.15, -0.1) is 0 Å². The predicted octanol–water partition coefficient (Wildman–Crippen LogP) is 1.23. The summed E-state index contributed by atoms with van der Waals surface area (Å²) in [5.41, 5.74) is -0.0427. The minimum absolute atomic E-state index is 0.0427. The molecule has 0 saturated heterocycles. The molecule has 4 aliphatic rings. The zero-order valence-corrected chi connectivity index (χ0v) is 14.1. The van der Waals surface area contributed by atoms with Gasteiger partial charge in [0.05, 0.1) is 0 Å². The molecule has 134 valence electrons. The largest absolute Gasteiger partial charge is 0.480 e. The Kier molecular flexibility index (Phi) is 4.69. The number of hydrogen-bond donors (Lipinski definition) is 4. The van der Waals surface area contributed by atoms with E-state index in [1.54, 1.807) is 0 Å². The van der Waals surface area contributed by atoms with Crippen LogP contribution in [0.3, 0.4) is 0 Å². The van der Waals surface area contributed by atoms with Crippen molar-refractivity contribution in [2.24, 2.45) is 17.8 Å². The highest BCUT2D eigenvalue weighted by Crippen LogP contribution is 2.55. The molecule has 4 N–H and O–H groups in total. The molecule has 4 saturated carbocycles. The van der Waals surface area contributed by atoms with Gasteiger partial charge >= 0.3 is 12.0 Å². The van der Waals surface area contributed by atoms with Gasteiger partial charge in [0.2, 0.25) is 5.91 Å². The Labute approximate surface area is 141 Å². The summed E-state index contributed by atoms with van der Waals surface area (Å²) in [6.07, 6.45) is 7.31. The molecule has 4 aliphatic carbocycles. The Bertz CT molecular complexity index is 499. The quantitative estimate of drug-likeness (QED) is 0.585. The van der Waals surface area contributed by atoms with Crippen LogP contribution in [0.1, 0.15) is 51.9 Å². The van der Waals surface area contributed by atoms with Crippen molar-refractivity contribution in [2.75, 3.05) is 6.54 Å². The van der Waals surface area contributed by atoms with Crippen LogP contribution in [0, 0.1) is 17.8 Å². The molecule has 4 bridgehead atoms. The molecule has 24 heavy (non-hydrogen) atoms. The molecule has 0 aromatic heterocycles. The van der Waals surface area contributed by atoms with Crippen LogP contribution < -0.4 is 16.0 Å². The van der Waals surface area contributed by atoms with E-state index in [4.69, 9.17) is 5.11 Å². The van der Waals surface area contributed by atoms with Crippen LogP contribution in [0.2, 0.25) is 0 Å². The third-order valence-corrected chi connectivity index (χ3v) is 5.80. The smallest absolute Gasteiger partial charge is 0.325 e. The Morgan fingerprint density at radius 3 is 2.12 bits per heavy atom. The van der Waals surface area contributed by atoms with Crippen LogP contribution in [0.5, 0.6) is 0 Å². The van der Waals surface area contributed by atoms with Gasteiger partial charge in [0, 0.05) is 18.5 Å². The molecule has 4 fully saturated rings. The Balaban J connectivity index is 1.40. The van der Waals surface area contributed by atoms with Crippen molar-refractivity contribution in [3.05, 3.63) is 0 Å². The van der Waals surface area contributed by atoms with Crippen LogP contribution in [-0.4, -0.2) is 41.1 Å². The molecule has 7 nitrogen and oxygen atoms in total. The van der Waals surface area contributed by atoms with Crippen molar-refractivity contribution in [2.45, 2.75) is 63.5 Å². The summed E-state index contributed by atoms with van der Waals surface area (Å²) in [7, 11) is 0. The van der Waals surface area contributed by atoms with Gasteiger partial charge in [-0.3, -0.25) is 9.59 Å². The van der Waals surface area contributed by atoms with E-state index in [9.17, 15) is 14.4 Å². The minimum atomic E-state index is -1.07. The maximum absolute atomic E-state index is 12.2. The molecule has 0 unspecified atom stereocenters. The lowest BCUT2D eigenvalue weighted by Crippen LogP contribution is -2.61. The van der Waals surface area contributed by atoms with Gasteiger partial charge in [-0.1, -0.05) is 0 Å². The molecule has 0 radical (unpaired) electrons. The Morgan fingerprint density at radius 1 is 1.08 bits per heavy atom. The molecule has 4 rings (SSSR count). The van der Waals surface area contributed by atoms with E-state index in [1.807, 2.05) is 0 Å². The molecular formula is C17H27N3O4. The summed E-state index contributed by atoms with van der Waals surface area (Å²) in [6.45, 7) is 1.61. The molecule has 0 heterocycles. The summed E-state index contributed by atoms with van der Waals surface area (Å²) in [5, 5.41) is 17.0. The van der Waals surface area contributed by atoms with Crippen molar-refractivity contribution in [3.8, 4) is 0 Å². The second-order valence-electron chi connectivity index (χ2n) is 7.96. The fourth-order valence-electron chi connectivity index (χ4n) is 5.21. The first-order chi connectivity index (χ1) is 11.3. The number of nitrogens with one attached hydrogen (secondary N) is 3. The number of amides is 3. The first-order valence-corrected chi connectivity index (χ1v) is 8.93. The van der Waals surface area contributed by atoms with Crippen LogP contribution >= 0.6 is 0 Å². The van der Waals surface area contributed by atoms with Crippen LogP contribution in [0.15, 0.2) is 0 Å². The second kappa shape index (κ2) is 6.61. The Morgan fingerprint density at radius 2 is 1.62 bits per heavy atom. The lowest BCUT2D eigenvalue weighted by atomic mass is 9.53. The van der Waals surface area contributed by atoms with Crippen molar-refractivity contribution >= 4 is 17.9 Å². The van der Waals surface area contributed by atoms with Gasteiger partial charge in [0.15, 0.2) is 0 Å². The molecule has 0 aromatic carbocycles. The second-order valence-corrected chi connectivity index (χ2v) is 7.96. The minimum Gasteiger partial charge on any atom is -0.480 e. The third kappa shape index (κ3) is 3.82.